The van der Waals surface area contributed by atoms with E-state index >= 15 is 0 Å². The van der Waals surface area contributed by atoms with Crippen LogP contribution in [0.5, 0.6) is 0 Å². The van der Waals surface area contributed by atoms with E-state index in [-0.39, 0.29) is 11.9 Å². The summed E-state index contributed by atoms with van der Waals surface area (Å²) in [6, 6.07) is 0.0460. The Hall–Kier alpha value is -0.650. The highest BCUT2D eigenvalue weighted by molar-refractivity contribution is 5.81. The highest BCUT2D eigenvalue weighted by Gasteiger charge is 2.21. The van der Waals surface area contributed by atoms with Crippen molar-refractivity contribution in [3.63, 3.8) is 0 Å². The van der Waals surface area contributed by atoms with E-state index in [9.17, 15) is 4.79 Å². The van der Waals surface area contributed by atoms with E-state index in [1.54, 1.807) is 0 Å². The van der Waals surface area contributed by atoms with E-state index in [2.05, 4.69) is 15.5 Å². The number of carbonyl (C=O) groups excluding carboxylic acids is 1. The Balaban J connectivity index is 0.000000771. The van der Waals surface area contributed by atoms with Gasteiger partial charge in [-0.1, -0.05) is 13.8 Å². The molecule has 5 nitrogen and oxygen atoms in total. The highest BCUT2D eigenvalue weighted by Crippen LogP contribution is 2.04. The Morgan fingerprint density at radius 3 is 2.72 bits per heavy atom. The van der Waals surface area contributed by atoms with Crippen LogP contribution < -0.4 is 10.6 Å². The zero-order chi connectivity index (χ0) is 13.2. The number of nitrogens with one attached hydrogen (secondary N) is 2. The lowest BCUT2D eigenvalue weighted by molar-refractivity contribution is -0.122. The number of hydrogen-bond donors (Lipinski definition) is 2. The fourth-order valence-corrected chi connectivity index (χ4v) is 2.19. The SMILES string of the molecule is CC.O=C(NCCN1CCOCC1)C1CCCN1. The molecule has 5 heteroatoms. The molecule has 2 aliphatic heterocycles. The van der Waals surface area contributed by atoms with Crippen LogP contribution >= 0.6 is 0 Å². The van der Waals surface area contributed by atoms with Crippen LogP contribution in [0.2, 0.25) is 0 Å². The lowest BCUT2D eigenvalue weighted by Gasteiger charge is -2.26. The van der Waals surface area contributed by atoms with Crippen LogP contribution in [-0.4, -0.2) is 62.8 Å². The number of nitrogens with zero attached hydrogens (tertiary/aromatic N) is 1. The summed E-state index contributed by atoms with van der Waals surface area (Å²) >= 11 is 0. The minimum atomic E-state index is 0.0460. The Bertz CT molecular complexity index is 224. The van der Waals surface area contributed by atoms with Crippen molar-refractivity contribution in [3.8, 4) is 0 Å². The maximum atomic E-state index is 11.7. The molecule has 2 aliphatic rings. The summed E-state index contributed by atoms with van der Waals surface area (Å²) in [7, 11) is 0. The number of hydrogen-bond acceptors (Lipinski definition) is 4. The topological polar surface area (TPSA) is 53.6 Å². The van der Waals surface area contributed by atoms with Gasteiger partial charge in [0.05, 0.1) is 19.3 Å². The molecule has 1 amide bonds. The van der Waals surface area contributed by atoms with Crippen molar-refractivity contribution in [1.29, 1.82) is 0 Å². The van der Waals surface area contributed by atoms with E-state index in [1.165, 1.54) is 0 Å². The first kappa shape index (κ1) is 15.4. The number of ether oxygens (including phenoxy) is 1. The third-order valence-corrected chi connectivity index (χ3v) is 3.21. The molecule has 0 aromatic carbocycles. The van der Waals surface area contributed by atoms with Gasteiger partial charge in [0.15, 0.2) is 0 Å². The molecule has 2 rings (SSSR count). The molecule has 2 fully saturated rings. The summed E-state index contributed by atoms with van der Waals surface area (Å²) in [5, 5.41) is 6.19. The van der Waals surface area contributed by atoms with E-state index in [0.717, 1.165) is 58.8 Å². The quantitative estimate of drug-likeness (QED) is 0.756. The van der Waals surface area contributed by atoms with Crippen LogP contribution in [0.4, 0.5) is 0 Å². The van der Waals surface area contributed by atoms with Crippen molar-refractivity contribution < 1.29 is 9.53 Å². The van der Waals surface area contributed by atoms with Gasteiger partial charge in [-0.15, -0.1) is 0 Å². The smallest absolute Gasteiger partial charge is 0.237 e. The molecule has 0 spiro atoms. The summed E-state index contributed by atoms with van der Waals surface area (Å²) in [5.41, 5.74) is 0. The molecule has 0 radical (unpaired) electrons. The average molecular weight is 257 g/mol. The van der Waals surface area contributed by atoms with Gasteiger partial charge in [0.1, 0.15) is 0 Å². The van der Waals surface area contributed by atoms with Crippen LogP contribution in [0.1, 0.15) is 26.7 Å². The number of morpholine rings is 1. The van der Waals surface area contributed by atoms with Crippen LogP contribution in [-0.2, 0) is 9.53 Å². The second-order valence-corrected chi connectivity index (χ2v) is 4.39. The maximum absolute atomic E-state index is 11.7. The first-order valence-corrected chi connectivity index (χ1v) is 7.17. The van der Waals surface area contributed by atoms with Crippen molar-refractivity contribution in [2.24, 2.45) is 0 Å². The predicted molar refractivity (Wildman–Crippen MR) is 72.6 cm³/mol. The molecule has 18 heavy (non-hydrogen) atoms. The van der Waals surface area contributed by atoms with Crippen LogP contribution in [0, 0.1) is 0 Å². The molecule has 2 saturated heterocycles. The number of amides is 1. The molecule has 0 aliphatic carbocycles. The fraction of sp³-hybridized carbons (Fsp3) is 0.923. The van der Waals surface area contributed by atoms with Gasteiger partial charge in [-0.2, -0.15) is 0 Å². The number of rotatable bonds is 4. The molecular weight excluding hydrogens is 230 g/mol. The molecule has 0 aromatic heterocycles. The van der Waals surface area contributed by atoms with Crippen molar-refractivity contribution in [1.82, 2.24) is 15.5 Å². The predicted octanol–water partition coefficient (Wildman–Crippen LogP) is 0.213. The molecule has 2 heterocycles. The van der Waals surface area contributed by atoms with Gasteiger partial charge < -0.3 is 15.4 Å². The first-order valence-electron chi connectivity index (χ1n) is 7.17. The molecular formula is C13H27N3O2. The first-order chi connectivity index (χ1) is 8.86. The highest BCUT2D eigenvalue weighted by atomic mass is 16.5. The largest absolute Gasteiger partial charge is 0.379 e. The van der Waals surface area contributed by atoms with Gasteiger partial charge >= 0.3 is 0 Å². The molecule has 2 N–H and O–H groups in total. The molecule has 1 unspecified atom stereocenters. The minimum absolute atomic E-state index is 0.0460. The second-order valence-electron chi connectivity index (χ2n) is 4.39. The average Bonchev–Trinajstić information content (AvgIpc) is 2.96. The Morgan fingerprint density at radius 1 is 1.39 bits per heavy atom. The van der Waals surface area contributed by atoms with Gasteiger partial charge in [-0.25, -0.2) is 0 Å². The van der Waals surface area contributed by atoms with E-state index in [4.69, 9.17) is 4.74 Å². The molecule has 106 valence electrons. The summed E-state index contributed by atoms with van der Waals surface area (Å²) in [6.45, 7) is 10.3. The Kier molecular flexibility index (Phi) is 7.96. The van der Waals surface area contributed by atoms with Crippen LogP contribution in [0.25, 0.3) is 0 Å². The third kappa shape index (κ3) is 5.33. The van der Waals surface area contributed by atoms with Crippen LogP contribution in [0.3, 0.4) is 0 Å². The van der Waals surface area contributed by atoms with Crippen molar-refractivity contribution in [2.45, 2.75) is 32.7 Å². The zero-order valence-electron chi connectivity index (χ0n) is 11.7. The zero-order valence-corrected chi connectivity index (χ0v) is 11.7. The third-order valence-electron chi connectivity index (χ3n) is 3.21. The van der Waals surface area contributed by atoms with E-state index in [1.807, 2.05) is 13.8 Å². The van der Waals surface area contributed by atoms with Gasteiger partial charge in [-0.3, -0.25) is 9.69 Å². The van der Waals surface area contributed by atoms with E-state index < -0.39 is 0 Å². The summed E-state index contributed by atoms with van der Waals surface area (Å²) in [5.74, 6) is 0.158. The summed E-state index contributed by atoms with van der Waals surface area (Å²) in [4.78, 5) is 14.0. The Morgan fingerprint density at radius 2 is 2.11 bits per heavy atom. The molecule has 0 aromatic rings. The van der Waals surface area contributed by atoms with Gasteiger partial charge in [-0.05, 0) is 19.4 Å². The van der Waals surface area contributed by atoms with Crippen molar-refractivity contribution in [2.75, 3.05) is 45.9 Å². The summed E-state index contributed by atoms with van der Waals surface area (Å²) in [6.07, 6.45) is 2.09. The molecule has 0 bridgehead atoms. The number of carbonyl (C=O) groups is 1. The maximum Gasteiger partial charge on any atom is 0.237 e. The van der Waals surface area contributed by atoms with E-state index in [0.29, 0.717) is 0 Å². The van der Waals surface area contributed by atoms with Gasteiger partial charge in [0.25, 0.3) is 0 Å². The second kappa shape index (κ2) is 9.30. The lowest BCUT2D eigenvalue weighted by atomic mass is 10.2. The molecule has 0 saturated carbocycles. The standard InChI is InChI=1S/C11H21N3O2.C2H6/c15-11(10-2-1-3-12-10)13-4-5-14-6-8-16-9-7-14;1-2/h10,12H,1-9H2,(H,13,15);1-2H3. The fourth-order valence-electron chi connectivity index (χ4n) is 2.19. The lowest BCUT2D eigenvalue weighted by Crippen LogP contribution is -2.45. The van der Waals surface area contributed by atoms with Gasteiger partial charge in [0.2, 0.25) is 5.91 Å². The van der Waals surface area contributed by atoms with Crippen LogP contribution in [0.15, 0.2) is 0 Å². The monoisotopic (exact) mass is 257 g/mol. The molecule has 1 atom stereocenters. The Labute approximate surface area is 110 Å². The van der Waals surface area contributed by atoms with Gasteiger partial charge in [0, 0.05) is 26.2 Å². The van der Waals surface area contributed by atoms with Crippen molar-refractivity contribution >= 4 is 5.91 Å². The normalized spacial score (nSPS) is 24.2. The summed E-state index contributed by atoms with van der Waals surface area (Å²) < 4.78 is 5.27. The van der Waals surface area contributed by atoms with Crippen molar-refractivity contribution in [3.05, 3.63) is 0 Å². The minimum Gasteiger partial charge on any atom is -0.379 e.